The van der Waals surface area contributed by atoms with Gasteiger partial charge in [-0.15, -0.1) is 0 Å². The standard InChI is InChI=1S/C18H16IN9O3/c1-30-10-3-7(2-9(19)15(10)31-5-11(22)29)14-12-13(23)8(4-20)16(24)27-17(12)28-18(26-14)25-6-21/h2-3,14H,5H2,1H3,(H2,22,29)(H6,23,24,25,26,27,28). The Labute approximate surface area is 190 Å². The van der Waals surface area contributed by atoms with E-state index in [1.54, 1.807) is 18.3 Å². The second-order valence-electron chi connectivity index (χ2n) is 6.19. The van der Waals surface area contributed by atoms with Crippen LogP contribution in [0, 0.1) is 26.4 Å². The lowest BCUT2D eigenvalue weighted by Crippen LogP contribution is -2.32. The first-order valence-electron chi connectivity index (χ1n) is 8.58. The van der Waals surface area contributed by atoms with E-state index < -0.39 is 11.9 Å². The molecule has 1 aromatic carbocycles. The summed E-state index contributed by atoms with van der Waals surface area (Å²) in [5.41, 5.74) is 18.4. The molecule has 1 unspecified atom stereocenters. The Kier molecular flexibility index (Phi) is 6.17. The van der Waals surface area contributed by atoms with Gasteiger partial charge in [0.1, 0.15) is 29.3 Å². The fraction of sp³-hybridized carbons (Fsp3) is 0.167. The first-order chi connectivity index (χ1) is 14.8. The second-order valence-corrected chi connectivity index (χ2v) is 7.35. The number of hydrogen-bond acceptors (Lipinski definition) is 11. The van der Waals surface area contributed by atoms with Crippen LogP contribution in [0.5, 0.6) is 11.5 Å². The number of anilines is 3. The van der Waals surface area contributed by atoms with Gasteiger partial charge in [-0.3, -0.25) is 10.1 Å². The van der Waals surface area contributed by atoms with Gasteiger partial charge in [0.15, 0.2) is 24.3 Å². The molecule has 0 saturated heterocycles. The molecule has 1 atom stereocenters. The van der Waals surface area contributed by atoms with Crippen LogP contribution in [0.4, 0.5) is 17.3 Å². The van der Waals surface area contributed by atoms with Gasteiger partial charge in [-0.05, 0) is 40.3 Å². The van der Waals surface area contributed by atoms with Crippen LogP contribution >= 0.6 is 22.6 Å². The molecule has 2 aromatic rings. The van der Waals surface area contributed by atoms with Crippen LogP contribution in [0.2, 0.25) is 0 Å². The molecule has 0 aliphatic carbocycles. The number of carbonyl (C=O) groups is 1. The molecule has 2 heterocycles. The zero-order chi connectivity index (χ0) is 22.7. The van der Waals surface area contributed by atoms with Gasteiger partial charge in [0.2, 0.25) is 5.96 Å². The number of benzene rings is 1. The number of pyridine rings is 1. The van der Waals surface area contributed by atoms with E-state index in [2.05, 4.69) is 20.6 Å². The van der Waals surface area contributed by atoms with E-state index in [0.29, 0.717) is 26.2 Å². The van der Waals surface area contributed by atoms with Gasteiger partial charge < -0.3 is 32.0 Å². The summed E-state index contributed by atoms with van der Waals surface area (Å²) in [5, 5.41) is 23.7. The summed E-state index contributed by atoms with van der Waals surface area (Å²) in [5.74, 6) is 0.363. The van der Waals surface area contributed by atoms with Crippen LogP contribution in [0.15, 0.2) is 17.1 Å². The zero-order valence-electron chi connectivity index (χ0n) is 16.1. The Hall–Kier alpha value is -3.98. The lowest BCUT2D eigenvalue weighted by molar-refractivity contribution is -0.119. The predicted octanol–water partition coefficient (Wildman–Crippen LogP) is 0.537. The van der Waals surface area contributed by atoms with Crippen molar-refractivity contribution in [1.29, 1.82) is 10.5 Å². The van der Waals surface area contributed by atoms with Crippen molar-refractivity contribution >= 4 is 51.8 Å². The minimum atomic E-state index is -0.750. The molecule has 12 nitrogen and oxygen atoms in total. The van der Waals surface area contributed by atoms with Crippen LogP contribution in [-0.2, 0) is 4.79 Å². The molecular formula is C18H16IN9O3. The molecule has 1 aromatic heterocycles. The number of hydrogen-bond donors (Lipinski definition) is 5. The number of nitrogens with two attached hydrogens (primary N) is 3. The number of guanidine groups is 1. The molecule has 0 spiro atoms. The zero-order valence-corrected chi connectivity index (χ0v) is 18.2. The molecule has 13 heteroatoms. The number of methoxy groups -OCH3 is 1. The fourth-order valence-electron chi connectivity index (χ4n) is 3.00. The van der Waals surface area contributed by atoms with Crippen molar-refractivity contribution in [2.24, 2.45) is 10.7 Å². The fourth-order valence-corrected chi connectivity index (χ4v) is 3.78. The predicted molar refractivity (Wildman–Crippen MR) is 120 cm³/mol. The number of fused-ring (bicyclic) bond motifs is 1. The number of nitriles is 2. The van der Waals surface area contributed by atoms with Gasteiger partial charge in [-0.1, -0.05) is 0 Å². The third-order valence-corrected chi connectivity index (χ3v) is 5.09. The van der Waals surface area contributed by atoms with Gasteiger partial charge in [-0.2, -0.15) is 10.5 Å². The molecule has 0 bridgehead atoms. The number of aliphatic imine (C=N–C) groups is 1. The summed E-state index contributed by atoms with van der Waals surface area (Å²) in [4.78, 5) is 19.8. The van der Waals surface area contributed by atoms with Crippen LogP contribution in [0.1, 0.15) is 22.7 Å². The number of primary amides is 1. The third-order valence-electron chi connectivity index (χ3n) is 4.28. The largest absolute Gasteiger partial charge is 0.493 e. The first kappa shape index (κ1) is 21.7. The van der Waals surface area contributed by atoms with Crippen molar-refractivity contribution in [3.05, 3.63) is 32.4 Å². The molecular weight excluding hydrogens is 517 g/mol. The van der Waals surface area contributed by atoms with Crippen LogP contribution in [0.25, 0.3) is 0 Å². The average molecular weight is 533 g/mol. The first-order valence-corrected chi connectivity index (χ1v) is 9.65. The van der Waals surface area contributed by atoms with Crippen LogP contribution < -0.4 is 37.3 Å². The quantitative estimate of drug-likeness (QED) is 0.204. The second kappa shape index (κ2) is 8.80. The van der Waals surface area contributed by atoms with E-state index in [9.17, 15) is 10.1 Å². The number of halogens is 1. The number of nitrogens with one attached hydrogen (secondary N) is 2. The molecule has 31 heavy (non-hydrogen) atoms. The van der Waals surface area contributed by atoms with Gasteiger partial charge in [0.25, 0.3) is 5.91 Å². The molecule has 3 rings (SSSR count). The number of amides is 1. The monoisotopic (exact) mass is 533 g/mol. The number of nitrogen functional groups attached to an aromatic ring is 2. The highest BCUT2D eigenvalue weighted by molar-refractivity contribution is 14.1. The summed E-state index contributed by atoms with van der Waals surface area (Å²) in [6.07, 6.45) is 1.79. The van der Waals surface area contributed by atoms with E-state index in [-0.39, 0.29) is 35.5 Å². The van der Waals surface area contributed by atoms with Gasteiger partial charge in [-0.25, -0.2) is 9.98 Å². The van der Waals surface area contributed by atoms with Gasteiger partial charge in [0.05, 0.1) is 16.4 Å². The highest BCUT2D eigenvalue weighted by atomic mass is 127. The molecule has 0 fully saturated rings. The maximum Gasteiger partial charge on any atom is 0.255 e. The Morgan fingerprint density at radius 3 is 2.74 bits per heavy atom. The van der Waals surface area contributed by atoms with E-state index in [4.69, 9.17) is 31.9 Å². The topological polar surface area (TPSA) is 210 Å². The maximum absolute atomic E-state index is 11.1. The molecule has 1 aliphatic rings. The van der Waals surface area contributed by atoms with E-state index in [0.717, 1.165) is 0 Å². The van der Waals surface area contributed by atoms with Crippen molar-refractivity contribution in [3.63, 3.8) is 0 Å². The van der Waals surface area contributed by atoms with Crippen molar-refractivity contribution in [2.75, 3.05) is 30.5 Å². The number of nitrogens with zero attached hydrogens (tertiary/aromatic N) is 4. The molecule has 0 saturated carbocycles. The molecule has 0 radical (unpaired) electrons. The minimum absolute atomic E-state index is 0.0283. The molecule has 1 aliphatic heterocycles. The van der Waals surface area contributed by atoms with E-state index in [1.807, 2.05) is 28.7 Å². The molecule has 8 N–H and O–H groups in total. The summed E-state index contributed by atoms with van der Waals surface area (Å²) in [7, 11) is 1.44. The summed E-state index contributed by atoms with van der Waals surface area (Å²) in [6, 6.07) is 4.59. The lowest BCUT2D eigenvalue weighted by Gasteiger charge is -2.27. The molecule has 158 valence electrons. The summed E-state index contributed by atoms with van der Waals surface area (Å²) in [6.45, 7) is -0.321. The Bertz CT molecular complexity index is 1180. The Morgan fingerprint density at radius 1 is 1.39 bits per heavy atom. The van der Waals surface area contributed by atoms with E-state index in [1.165, 1.54) is 7.11 Å². The smallest absolute Gasteiger partial charge is 0.255 e. The van der Waals surface area contributed by atoms with Crippen molar-refractivity contribution < 1.29 is 14.3 Å². The number of carbonyl (C=O) groups excluding carboxylic acids is 1. The highest BCUT2D eigenvalue weighted by Gasteiger charge is 2.31. The maximum atomic E-state index is 11.1. The minimum Gasteiger partial charge on any atom is -0.493 e. The lowest BCUT2D eigenvalue weighted by atomic mass is 9.95. The van der Waals surface area contributed by atoms with Crippen molar-refractivity contribution in [3.8, 4) is 23.8 Å². The summed E-state index contributed by atoms with van der Waals surface area (Å²) < 4.78 is 11.5. The Balaban J connectivity index is 2.20. The summed E-state index contributed by atoms with van der Waals surface area (Å²) >= 11 is 2.02. The van der Waals surface area contributed by atoms with Crippen molar-refractivity contribution in [2.45, 2.75) is 6.04 Å². The van der Waals surface area contributed by atoms with Gasteiger partial charge in [0, 0.05) is 5.56 Å². The number of aromatic nitrogens is 1. The van der Waals surface area contributed by atoms with E-state index >= 15 is 0 Å². The number of rotatable bonds is 5. The molecule has 1 amide bonds. The van der Waals surface area contributed by atoms with Crippen molar-refractivity contribution in [1.82, 2.24) is 10.3 Å². The highest BCUT2D eigenvalue weighted by Crippen LogP contribution is 2.43. The van der Waals surface area contributed by atoms with Gasteiger partial charge >= 0.3 is 0 Å². The van der Waals surface area contributed by atoms with Crippen LogP contribution in [-0.4, -0.2) is 30.6 Å². The van der Waals surface area contributed by atoms with Crippen LogP contribution in [0.3, 0.4) is 0 Å². The third kappa shape index (κ3) is 4.17. The number of ether oxygens (including phenoxy) is 2. The Morgan fingerprint density at radius 2 is 2.13 bits per heavy atom. The average Bonchev–Trinajstić information content (AvgIpc) is 2.72. The normalized spacial score (nSPS) is 14.2. The SMILES string of the molecule is COc1cc(C2N=C(NC#N)Nc3nc(N)c(C#N)c(N)c32)cc(I)c1OCC(N)=O.